The van der Waals surface area contributed by atoms with Gasteiger partial charge in [0.25, 0.3) is 11.8 Å². The molecule has 2 aliphatic rings. The lowest BCUT2D eigenvalue weighted by Gasteiger charge is -2.21. The maximum Gasteiger partial charge on any atom is 0.340 e. The third-order valence-corrected chi connectivity index (χ3v) is 6.25. The Labute approximate surface area is 215 Å². The van der Waals surface area contributed by atoms with Gasteiger partial charge in [-0.1, -0.05) is 12.1 Å². The molecule has 2 aliphatic heterocycles. The number of amides is 2. The van der Waals surface area contributed by atoms with E-state index in [2.05, 4.69) is 5.32 Å². The molecular formula is C28H30N2O7. The van der Waals surface area contributed by atoms with Crippen LogP contribution in [-0.4, -0.2) is 62.8 Å². The van der Waals surface area contributed by atoms with Gasteiger partial charge in [-0.05, 0) is 67.8 Å². The van der Waals surface area contributed by atoms with Crippen LogP contribution in [0.15, 0.2) is 65.4 Å². The number of benzene rings is 2. The first kappa shape index (κ1) is 26.0. The maximum atomic E-state index is 13.2. The van der Waals surface area contributed by atoms with E-state index in [-0.39, 0.29) is 35.7 Å². The molecule has 194 valence electrons. The highest BCUT2D eigenvalue weighted by Crippen LogP contribution is 2.33. The van der Waals surface area contributed by atoms with E-state index >= 15 is 0 Å². The lowest BCUT2D eigenvalue weighted by Crippen LogP contribution is -2.33. The Kier molecular flexibility index (Phi) is 8.25. The van der Waals surface area contributed by atoms with E-state index in [1.165, 1.54) is 7.11 Å². The normalized spacial score (nSPS) is 18.4. The smallest absolute Gasteiger partial charge is 0.340 e. The second-order valence-corrected chi connectivity index (χ2v) is 8.70. The van der Waals surface area contributed by atoms with Crippen molar-refractivity contribution in [2.24, 2.45) is 0 Å². The zero-order valence-electron chi connectivity index (χ0n) is 21.1. The summed E-state index contributed by atoms with van der Waals surface area (Å²) in [7, 11) is 2.87. The second-order valence-electron chi connectivity index (χ2n) is 8.70. The molecule has 2 amide bonds. The molecule has 37 heavy (non-hydrogen) atoms. The predicted molar refractivity (Wildman–Crippen MR) is 137 cm³/mol. The topological polar surface area (TPSA) is 103 Å². The van der Waals surface area contributed by atoms with Crippen molar-refractivity contribution in [3.8, 4) is 11.5 Å². The second kappa shape index (κ2) is 11.7. The molecule has 0 unspecified atom stereocenters. The molecule has 0 saturated carbocycles. The number of ether oxygens (including phenoxy) is 4. The van der Waals surface area contributed by atoms with E-state index in [4.69, 9.17) is 18.9 Å². The molecule has 0 aromatic heterocycles. The molecule has 9 heteroatoms. The summed E-state index contributed by atoms with van der Waals surface area (Å²) < 4.78 is 21.3. The van der Waals surface area contributed by atoms with E-state index in [1.807, 2.05) is 0 Å². The van der Waals surface area contributed by atoms with Crippen molar-refractivity contribution in [2.45, 2.75) is 25.9 Å². The van der Waals surface area contributed by atoms with E-state index < -0.39 is 5.97 Å². The molecule has 0 aliphatic carbocycles. The Hall–Kier alpha value is -4.11. The summed E-state index contributed by atoms with van der Waals surface area (Å²) >= 11 is 0. The predicted octanol–water partition coefficient (Wildman–Crippen LogP) is 3.56. The Morgan fingerprint density at radius 3 is 2.41 bits per heavy atom. The fraction of sp³-hybridized carbons (Fsp3) is 0.321. The number of methoxy groups -OCH3 is 2. The van der Waals surface area contributed by atoms with Gasteiger partial charge in [0.05, 0.1) is 38.0 Å². The molecule has 2 aromatic carbocycles. The summed E-state index contributed by atoms with van der Waals surface area (Å²) in [5.41, 5.74) is 2.42. The molecule has 2 heterocycles. The van der Waals surface area contributed by atoms with Gasteiger partial charge in [-0.15, -0.1) is 0 Å². The molecule has 2 aromatic rings. The molecule has 1 saturated heterocycles. The lowest BCUT2D eigenvalue weighted by atomic mass is 10.0. The molecule has 1 N–H and O–H groups in total. The van der Waals surface area contributed by atoms with Crippen LogP contribution in [-0.2, 0) is 23.9 Å². The van der Waals surface area contributed by atoms with Gasteiger partial charge < -0.3 is 29.2 Å². The average molecular weight is 507 g/mol. The van der Waals surface area contributed by atoms with Crippen LogP contribution in [0.4, 0.5) is 5.69 Å². The monoisotopic (exact) mass is 506 g/mol. The number of esters is 1. The van der Waals surface area contributed by atoms with Gasteiger partial charge in [0.1, 0.15) is 11.5 Å². The molecule has 1 atom stereocenters. The average Bonchev–Trinajstić information content (AvgIpc) is 3.51. The largest absolute Gasteiger partial charge is 0.497 e. The maximum absolute atomic E-state index is 13.2. The summed E-state index contributed by atoms with van der Waals surface area (Å²) in [5.74, 6) is 0.0643. The zero-order valence-corrected chi connectivity index (χ0v) is 21.1. The minimum atomic E-state index is -0.560. The van der Waals surface area contributed by atoms with Gasteiger partial charge in [0.15, 0.2) is 6.61 Å². The van der Waals surface area contributed by atoms with Crippen LogP contribution in [0.5, 0.6) is 11.5 Å². The van der Waals surface area contributed by atoms with Crippen LogP contribution >= 0.6 is 0 Å². The zero-order chi connectivity index (χ0) is 26.4. The SMILES string of the molecule is COC(=O)C1=C(C)N(C[C@@H]2CCCO2)C(=O)/C1=C\c1ccc(OCC(=O)Nc2ccc(OC)cc2)cc1. The van der Waals surface area contributed by atoms with Crippen LogP contribution in [0.25, 0.3) is 6.08 Å². The first-order valence-electron chi connectivity index (χ1n) is 12.0. The highest BCUT2D eigenvalue weighted by Gasteiger charge is 2.38. The molecule has 4 rings (SSSR count). The van der Waals surface area contributed by atoms with Crippen molar-refractivity contribution in [3.63, 3.8) is 0 Å². The van der Waals surface area contributed by atoms with Gasteiger partial charge in [0, 0.05) is 18.0 Å². The molecule has 0 bridgehead atoms. The highest BCUT2D eigenvalue weighted by molar-refractivity contribution is 6.16. The molecule has 0 spiro atoms. The Balaban J connectivity index is 1.41. The van der Waals surface area contributed by atoms with Crippen molar-refractivity contribution in [3.05, 3.63) is 70.9 Å². The molecular weight excluding hydrogens is 476 g/mol. The van der Waals surface area contributed by atoms with E-state index in [0.717, 1.165) is 12.8 Å². The van der Waals surface area contributed by atoms with Crippen molar-refractivity contribution >= 4 is 29.5 Å². The van der Waals surface area contributed by atoms with Gasteiger partial charge in [-0.2, -0.15) is 0 Å². The number of carbonyl (C=O) groups excluding carboxylic acids is 3. The third-order valence-electron chi connectivity index (χ3n) is 6.25. The van der Waals surface area contributed by atoms with Crippen molar-refractivity contribution in [1.82, 2.24) is 4.90 Å². The van der Waals surface area contributed by atoms with E-state index in [9.17, 15) is 14.4 Å². The molecule has 0 radical (unpaired) electrons. The quantitative estimate of drug-likeness (QED) is 0.410. The van der Waals surface area contributed by atoms with Crippen LogP contribution in [0, 0.1) is 0 Å². The number of rotatable bonds is 9. The van der Waals surface area contributed by atoms with Crippen LogP contribution < -0.4 is 14.8 Å². The standard InChI is InChI=1S/C28H30N2O7/c1-18-26(28(33)35-3)24(27(32)30(18)16-23-5-4-14-36-23)15-19-6-10-22(11-7-19)37-17-25(31)29-20-8-12-21(34-2)13-9-20/h6-13,15,23H,4-5,14,16-17H2,1-3H3,(H,29,31)/b24-15-/t23-/m0/s1. The summed E-state index contributed by atoms with van der Waals surface area (Å²) in [6.45, 7) is 2.65. The number of hydrogen-bond acceptors (Lipinski definition) is 7. The first-order valence-corrected chi connectivity index (χ1v) is 12.0. The lowest BCUT2D eigenvalue weighted by molar-refractivity contribution is -0.136. The van der Waals surface area contributed by atoms with Crippen molar-refractivity contribution < 1.29 is 33.3 Å². The molecule has 9 nitrogen and oxygen atoms in total. The Bertz CT molecular complexity index is 1210. The number of anilines is 1. The van der Waals surface area contributed by atoms with Gasteiger partial charge in [-0.25, -0.2) is 4.79 Å². The first-order chi connectivity index (χ1) is 17.9. The molecule has 1 fully saturated rings. The fourth-order valence-electron chi connectivity index (χ4n) is 4.29. The minimum Gasteiger partial charge on any atom is -0.497 e. The number of nitrogens with zero attached hydrogens (tertiary/aromatic N) is 1. The number of nitrogens with one attached hydrogen (secondary N) is 1. The number of allylic oxidation sites excluding steroid dienone is 1. The summed E-state index contributed by atoms with van der Waals surface area (Å²) in [6.07, 6.45) is 3.45. The number of hydrogen-bond donors (Lipinski definition) is 1. The van der Waals surface area contributed by atoms with E-state index in [1.54, 1.807) is 73.5 Å². The fourth-order valence-corrected chi connectivity index (χ4v) is 4.29. The summed E-state index contributed by atoms with van der Waals surface area (Å²) in [6, 6.07) is 13.9. The highest BCUT2D eigenvalue weighted by atomic mass is 16.5. The van der Waals surface area contributed by atoms with Crippen molar-refractivity contribution in [2.75, 3.05) is 39.3 Å². The summed E-state index contributed by atoms with van der Waals surface area (Å²) in [4.78, 5) is 39.6. The van der Waals surface area contributed by atoms with Crippen molar-refractivity contribution in [1.29, 1.82) is 0 Å². The Morgan fingerprint density at radius 2 is 1.78 bits per heavy atom. The van der Waals surface area contributed by atoms with Gasteiger partial charge in [-0.3, -0.25) is 9.59 Å². The van der Waals surface area contributed by atoms with Gasteiger partial charge >= 0.3 is 5.97 Å². The summed E-state index contributed by atoms with van der Waals surface area (Å²) in [5, 5.41) is 2.75. The third kappa shape index (κ3) is 6.18. The number of carbonyl (C=O) groups is 3. The Morgan fingerprint density at radius 1 is 1.08 bits per heavy atom. The van der Waals surface area contributed by atoms with Crippen LogP contribution in [0.2, 0.25) is 0 Å². The van der Waals surface area contributed by atoms with Crippen LogP contribution in [0.3, 0.4) is 0 Å². The van der Waals surface area contributed by atoms with Crippen LogP contribution in [0.1, 0.15) is 25.3 Å². The minimum absolute atomic E-state index is 0.0458. The van der Waals surface area contributed by atoms with E-state index in [0.29, 0.717) is 41.6 Å². The van der Waals surface area contributed by atoms with Gasteiger partial charge in [0.2, 0.25) is 0 Å².